The number of sulfone groups is 1. The summed E-state index contributed by atoms with van der Waals surface area (Å²) in [7, 11) is -4.04. The predicted octanol–water partition coefficient (Wildman–Crippen LogP) is 5.30. The minimum Gasteiger partial charge on any atom is -0.494 e. The first-order valence-electron chi connectivity index (χ1n) is 12.7. The van der Waals surface area contributed by atoms with Crippen LogP contribution in [0.2, 0.25) is 0 Å². The molecular weight excluding hydrogens is 504 g/mol. The molecule has 8 nitrogen and oxygen atoms in total. The van der Waals surface area contributed by atoms with E-state index in [2.05, 4.69) is 17.1 Å². The van der Waals surface area contributed by atoms with Crippen LogP contribution in [0.1, 0.15) is 24.5 Å². The maximum Gasteiger partial charge on any atom is 0.236 e. The number of aromatic nitrogens is 1. The van der Waals surface area contributed by atoms with E-state index in [1.54, 1.807) is 6.07 Å². The van der Waals surface area contributed by atoms with Gasteiger partial charge in [0, 0.05) is 24.7 Å². The van der Waals surface area contributed by atoms with Gasteiger partial charge < -0.3 is 23.5 Å². The van der Waals surface area contributed by atoms with Crippen LogP contribution < -0.4 is 19.1 Å². The van der Waals surface area contributed by atoms with Crippen molar-refractivity contribution in [1.29, 1.82) is 0 Å². The molecule has 4 aromatic rings. The highest BCUT2D eigenvalue weighted by Crippen LogP contribution is 2.39. The number of anilines is 1. The summed E-state index contributed by atoms with van der Waals surface area (Å²) in [5.41, 5.74) is 3.05. The van der Waals surface area contributed by atoms with Gasteiger partial charge in [0.25, 0.3) is 0 Å². The quantitative estimate of drug-likeness (QED) is 0.317. The fraction of sp³-hybridized carbons (Fsp3) is 0.276. The highest BCUT2D eigenvalue weighted by atomic mass is 32.2. The molecule has 1 aromatic heterocycles. The van der Waals surface area contributed by atoms with Crippen molar-refractivity contribution < 1.29 is 27.0 Å². The summed E-state index contributed by atoms with van der Waals surface area (Å²) >= 11 is 0. The van der Waals surface area contributed by atoms with Gasteiger partial charge in [-0.15, -0.1) is 0 Å². The topological polar surface area (TPSA) is 91.1 Å². The summed E-state index contributed by atoms with van der Waals surface area (Å²) in [5, 5.41) is -0.116. The van der Waals surface area contributed by atoms with Gasteiger partial charge in [-0.3, -0.25) is 0 Å². The van der Waals surface area contributed by atoms with E-state index in [1.807, 2.05) is 48.2 Å². The van der Waals surface area contributed by atoms with Crippen LogP contribution in [0, 0.1) is 0 Å². The second-order valence-electron chi connectivity index (χ2n) is 9.25. The van der Waals surface area contributed by atoms with Gasteiger partial charge in [0.15, 0.2) is 11.5 Å². The van der Waals surface area contributed by atoms with Crippen LogP contribution in [0.3, 0.4) is 0 Å². The van der Waals surface area contributed by atoms with Crippen molar-refractivity contribution in [3.05, 3.63) is 77.9 Å². The highest BCUT2D eigenvalue weighted by Gasteiger charge is 2.33. The molecule has 0 aliphatic carbocycles. The van der Waals surface area contributed by atoms with E-state index < -0.39 is 9.84 Å². The molecule has 0 unspecified atom stereocenters. The van der Waals surface area contributed by atoms with Crippen LogP contribution in [0.25, 0.3) is 11.5 Å². The van der Waals surface area contributed by atoms with Crippen LogP contribution in [-0.4, -0.2) is 39.8 Å². The van der Waals surface area contributed by atoms with E-state index >= 15 is 0 Å². The van der Waals surface area contributed by atoms with Crippen LogP contribution >= 0.6 is 0 Å². The van der Waals surface area contributed by atoms with Gasteiger partial charge in [-0.1, -0.05) is 31.2 Å². The number of fused-ring (bicyclic) bond motifs is 2. The van der Waals surface area contributed by atoms with Gasteiger partial charge in [-0.2, -0.15) is 4.98 Å². The molecule has 0 radical (unpaired) electrons. The van der Waals surface area contributed by atoms with Crippen molar-refractivity contribution in [1.82, 2.24) is 4.98 Å². The number of hydrogen-bond acceptors (Lipinski definition) is 8. The zero-order valence-corrected chi connectivity index (χ0v) is 21.9. The molecule has 0 bridgehead atoms. The fourth-order valence-corrected chi connectivity index (χ4v) is 6.02. The smallest absolute Gasteiger partial charge is 0.236 e. The first kappa shape index (κ1) is 24.4. The van der Waals surface area contributed by atoms with Gasteiger partial charge in [-0.25, -0.2) is 8.42 Å². The van der Waals surface area contributed by atoms with Crippen LogP contribution in [0.15, 0.2) is 81.1 Å². The SMILES string of the molecule is CCCOc1ccc(-c2nc(S(=O)(=O)c3ccc4c(c3)OCCO4)c(N3CCc4ccccc4C3)o2)cc1. The molecule has 6 rings (SSSR count). The maximum atomic E-state index is 14.0. The monoisotopic (exact) mass is 532 g/mol. The van der Waals surface area contributed by atoms with Crippen LogP contribution in [0.5, 0.6) is 17.2 Å². The highest BCUT2D eigenvalue weighted by molar-refractivity contribution is 7.91. The Hall–Kier alpha value is -3.98. The Morgan fingerprint density at radius 1 is 0.947 bits per heavy atom. The number of rotatable bonds is 7. The Labute approximate surface area is 221 Å². The number of hydrogen-bond donors (Lipinski definition) is 0. The number of benzene rings is 3. The molecule has 196 valence electrons. The van der Waals surface area contributed by atoms with E-state index in [9.17, 15) is 8.42 Å². The van der Waals surface area contributed by atoms with Gasteiger partial charge in [0.2, 0.25) is 26.6 Å². The van der Waals surface area contributed by atoms with Gasteiger partial charge in [-0.05, 0) is 60.4 Å². The molecule has 3 heterocycles. The van der Waals surface area contributed by atoms with Gasteiger partial charge in [0.1, 0.15) is 19.0 Å². The second-order valence-corrected chi connectivity index (χ2v) is 11.1. The van der Waals surface area contributed by atoms with Gasteiger partial charge in [0.05, 0.1) is 11.5 Å². The molecule has 0 N–H and O–H groups in total. The number of ether oxygens (including phenoxy) is 3. The number of oxazole rings is 1. The third-order valence-corrected chi connectivity index (χ3v) is 8.30. The second kappa shape index (κ2) is 10.1. The zero-order valence-electron chi connectivity index (χ0n) is 21.1. The van der Waals surface area contributed by atoms with Crippen molar-refractivity contribution in [3.63, 3.8) is 0 Å². The third kappa shape index (κ3) is 4.58. The standard InChI is InChI=1S/C29H28N2O6S/c1-2-15-34-23-9-7-21(8-10-23)27-30-28(29(37-27)31-14-13-20-5-3-4-6-22(20)19-31)38(32,33)24-11-12-25-26(18-24)36-17-16-35-25/h3-12,18H,2,13-17,19H2,1H3. The Morgan fingerprint density at radius 3 is 2.50 bits per heavy atom. The molecule has 0 saturated carbocycles. The van der Waals surface area contributed by atoms with Crippen molar-refractivity contribution in [2.45, 2.75) is 36.2 Å². The lowest BCUT2D eigenvalue weighted by molar-refractivity contribution is 0.171. The molecule has 3 aromatic carbocycles. The zero-order chi connectivity index (χ0) is 26.1. The first-order chi connectivity index (χ1) is 18.5. The van der Waals surface area contributed by atoms with Crippen LogP contribution in [0.4, 0.5) is 5.88 Å². The fourth-order valence-electron chi connectivity index (χ4n) is 4.68. The Morgan fingerprint density at radius 2 is 1.71 bits per heavy atom. The third-order valence-electron chi connectivity index (χ3n) is 6.65. The lowest BCUT2D eigenvalue weighted by Gasteiger charge is -2.28. The summed E-state index contributed by atoms with van der Waals surface area (Å²) in [4.78, 5) is 6.57. The van der Waals surface area contributed by atoms with E-state index in [4.69, 9.17) is 18.6 Å². The molecule has 9 heteroatoms. The van der Waals surface area contributed by atoms with E-state index in [0.29, 0.717) is 50.0 Å². The molecule has 0 atom stereocenters. The van der Waals surface area contributed by atoms with E-state index in [-0.39, 0.29) is 21.7 Å². The lowest BCUT2D eigenvalue weighted by atomic mass is 10.0. The van der Waals surface area contributed by atoms with E-state index in [0.717, 1.165) is 24.2 Å². The normalized spacial score (nSPS) is 14.7. The molecule has 0 amide bonds. The average Bonchev–Trinajstić information content (AvgIpc) is 3.42. The van der Waals surface area contributed by atoms with Crippen molar-refractivity contribution in [3.8, 4) is 28.7 Å². The van der Waals surface area contributed by atoms with Crippen molar-refractivity contribution in [2.24, 2.45) is 0 Å². The van der Waals surface area contributed by atoms with Gasteiger partial charge >= 0.3 is 0 Å². The first-order valence-corrected chi connectivity index (χ1v) is 14.2. The predicted molar refractivity (Wildman–Crippen MR) is 142 cm³/mol. The number of nitrogens with zero attached hydrogens (tertiary/aromatic N) is 2. The molecule has 38 heavy (non-hydrogen) atoms. The van der Waals surface area contributed by atoms with Crippen LogP contribution in [-0.2, 0) is 22.8 Å². The Bertz CT molecular complexity index is 1560. The summed E-state index contributed by atoms with van der Waals surface area (Å²) < 4.78 is 51.1. The minimum atomic E-state index is -4.04. The van der Waals surface area contributed by atoms with Crippen molar-refractivity contribution >= 4 is 15.7 Å². The molecule has 2 aliphatic rings. The summed E-state index contributed by atoms with van der Waals surface area (Å²) in [5.74, 6) is 2.12. The molecule has 0 saturated heterocycles. The summed E-state index contributed by atoms with van der Waals surface area (Å²) in [6.45, 7) is 4.59. The summed E-state index contributed by atoms with van der Waals surface area (Å²) in [6, 6.07) is 20.1. The maximum absolute atomic E-state index is 14.0. The Kier molecular flexibility index (Phi) is 6.45. The minimum absolute atomic E-state index is 0.0728. The molecular formula is C29H28N2O6S. The molecule has 2 aliphatic heterocycles. The van der Waals surface area contributed by atoms with Crippen molar-refractivity contribution in [2.75, 3.05) is 31.3 Å². The average molecular weight is 533 g/mol. The lowest BCUT2D eigenvalue weighted by Crippen LogP contribution is -2.31. The van der Waals surface area contributed by atoms with E-state index in [1.165, 1.54) is 17.7 Å². The molecule has 0 spiro atoms. The Balaban J connectivity index is 1.41. The largest absolute Gasteiger partial charge is 0.494 e. The molecule has 0 fully saturated rings. The summed E-state index contributed by atoms with van der Waals surface area (Å²) in [6.07, 6.45) is 1.68.